The number of halogens is 1. The summed E-state index contributed by atoms with van der Waals surface area (Å²) >= 11 is 9.99. The van der Waals surface area contributed by atoms with Gasteiger partial charge in [0.2, 0.25) is 11.8 Å². The summed E-state index contributed by atoms with van der Waals surface area (Å²) < 4.78 is 1.49. The molecular formula is C19H17BrN2O2S2. The van der Waals surface area contributed by atoms with Crippen molar-refractivity contribution >= 4 is 61.7 Å². The van der Waals surface area contributed by atoms with Crippen LogP contribution in [0.5, 0.6) is 0 Å². The topological polar surface area (TPSA) is 49.4 Å². The summed E-state index contributed by atoms with van der Waals surface area (Å²) in [6.45, 7) is 0.541. The summed E-state index contributed by atoms with van der Waals surface area (Å²) in [7, 11) is 0. The Kier molecular flexibility index (Phi) is 6.45. The van der Waals surface area contributed by atoms with E-state index < -0.39 is 5.25 Å². The van der Waals surface area contributed by atoms with Gasteiger partial charge in [-0.3, -0.25) is 14.5 Å². The highest BCUT2D eigenvalue weighted by Gasteiger charge is 2.37. The molecule has 4 nitrogen and oxygen atoms in total. The second kappa shape index (κ2) is 8.79. The van der Waals surface area contributed by atoms with Crippen LogP contribution in [0, 0.1) is 0 Å². The van der Waals surface area contributed by atoms with Gasteiger partial charge >= 0.3 is 0 Å². The molecule has 2 aromatic rings. The molecule has 1 N–H and O–H groups in total. The van der Waals surface area contributed by atoms with Crippen molar-refractivity contribution in [3.8, 4) is 0 Å². The first kappa shape index (κ1) is 19.1. The van der Waals surface area contributed by atoms with Crippen molar-refractivity contribution in [1.82, 2.24) is 4.90 Å². The Morgan fingerprint density at radius 1 is 1.15 bits per heavy atom. The van der Waals surface area contributed by atoms with Crippen LogP contribution in [-0.4, -0.2) is 32.8 Å². The fourth-order valence-corrected chi connectivity index (χ4v) is 4.44. The molecule has 1 unspecified atom stereocenters. The van der Waals surface area contributed by atoms with E-state index in [2.05, 4.69) is 21.2 Å². The predicted molar refractivity (Wildman–Crippen MR) is 113 cm³/mol. The third kappa shape index (κ3) is 4.93. The molecule has 1 atom stereocenters. The molecule has 0 spiro atoms. The summed E-state index contributed by atoms with van der Waals surface area (Å²) in [6, 6.07) is 17.3. The van der Waals surface area contributed by atoms with Crippen molar-refractivity contribution in [2.45, 2.75) is 18.1 Å². The summed E-state index contributed by atoms with van der Waals surface area (Å²) in [5, 5.41) is 2.37. The zero-order valence-corrected chi connectivity index (χ0v) is 17.1. The Morgan fingerprint density at radius 3 is 2.54 bits per heavy atom. The highest BCUT2D eigenvalue weighted by molar-refractivity contribution is 9.10. The van der Waals surface area contributed by atoms with Crippen LogP contribution in [0.2, 0.25) is 0 Å². The van der Waals surface area contributed by atoms with Crippen LogP contribution in [0.4, 0.5) is 5.69 Å². The van der Waals surface area contributed by atoms with Crippen LogP contribution in [-0.2, 0) is 16.0 Å². The van der Waals surface area contributed by atoms with Crippen LogP contribution in [0.15, 0.2) is 59.1 Å². The number of carbonyl (C=O) groups excluding carboxylic acids is 2. The molecule has 2 amide bonds. The molecule has 26 heavy (non-hydrogen) atoms. The summed E-state index contributed by atoms with van der Waals surface area (Å²) in [6.07, 6.45) is 0.854. The van der Waals surface area contributed by atoms with E-state index in [0.717, 1.165) is 16.5 Å². The van der Waals surface area contributed by atoms with Gasteiger partial charge in [0.05, 0.1) is 5.25 Å². The maximum Gasteiger partial charge on any atom is 0.242 e. The molecular weight excluding hydrogens is 432 g/mol. The molecule has 1 heterocycles. The number of anilines is 1. The Balaban J connectivity index is 1.54. The number of amides is 2. The van der Waals surface area contributed by atoms with Gasteiger partial charge in [0.25, 0.3) is 0 Å². The Bertz CT molecular complexity index is 812. The Labute approximate surface area is 170 Å². The zero-order chi connectivity index (χ0) is 18.5. The predicted octanol–water partition coefficient (Wildman–Crippen LogP) is 4.25. The normalized spacial score (nSPS) is 16.8. The second-order valence-corrected chi connectivity index (χ2v) is 8.61. The fourth-order valence-electron chi connectivity index (χ4n) is 2.63. The lowest BCUT2D eigenvalue weighted by Gasteiger charge is -2.15. The molecule has 3 rings (SSSR count). The summed E-state index contributed by atoms with van der Waals surface area (Å²) in [5.41, 5.74) is 1.86. The minimum absolute atomic E-state index is 0.0816. The van der Waals surface area contributed by atoms with Crippen molar-refractivity contribution in [3.63, 3.8) is 0 Å². The SMILES string of the molecule is O=C(CC1SC(=S)N(CCc2ccccc2)C1=O)Nc1ccc(Br)cc1. The van der Waals surface area contributed by atoms with Crippen molar-refractivity contribution in [1.29, 1.82) is 0 Å². The first-order valence-corrected chi connectivity index (χ1v) is 10.2. The summed E-state index contributed by atoms with van der Waals surface area (Å²) in [5.74, 6) is -0.271. The van der Waals surface area contributed by atoms with Crippen LogP contribution < -0.4 is 5.32 Å². The summed E-state index contributed by atoms with van der Waals surface area (Å²) in [4.78, 5) is 26.5. The first-order valence-electron chi connectivity index (χ1n) is 8.14. The van der Waals surface area contributed by atoms with Crippen molar-refractivity contribution in [2.75, 3.05) is 11.9 Å². The van der Waals surface area contributed by atoms with Crippen molar-refractivity contribution in [2.24, 2.45) is 0 Å². The van der Waals surface area contributed by atoms with E-state index in [9.17, 15) is 9.59 Å². The Hall–Kier alpha value is -1.70. The van der Waals surface area contributed by atoms with Crippen LogP contribution in [0.3, 0.4) is 0 Å². The number of thioether (sulfide) groups is 1. The number of hydrogen-bond donors (Lipinski definition) is 1. The van der Waals surface area contributed by atoms with Crippen LogP contribution >= 0.6 is 39.9 Å². The Morgan fingerprint density at radius 2 is 1.85 bits per heavy atom. The van der Waals surface area contributed by atoms with Gasteiger partial charge in [-0.2, -0.15) is 0 Å². The average Bonchev–Trinajstić information content (AvgIpc) is 2.89. The van der Waals surface area contributed by atoms with Crippen molar-refractivity contribution in [3.05, 3.63) is 64.6 Å². The number of nitrogens with one attached hydrogen (secondary N) is 1. The van der Waals surface area contributed by atoms with Crippen LogP contribution in [0.1, 0.15) is 12.0 Å². The molecule has 1 fully saturated rings. The maximum absolute atomic E-state index is 12.6. The van der Waals surface area contributed by atoms with E-state index >= 15 is 0 Å². The molecule has 1 saturated heterocycles. The monoisotopic (exact) mass is 448 g/mol. The lowest BCUT2D eigenvalue weighted by atomic mass is 10.1. The van der Waals surface area contributed by atoms with E-state index in [1.54, 1.807) is 4.90 Å². The van der Waals surface area contributed by atoms with Gasteiger partial charge in [0.15, 0.2) is 0 Å². The first-order chi connectivity index (χ1) is 12.5. The minimum Gasteiger partial charge on any atom is -0.326 e. The van der Waals surface area contributed by atoms with E-state index in [1.165, 1.54) is 11.8 Å². The van der Waals surface area contributed by atoms with Crippen molar-refractivity contribution < 1.29 is 9.59 Å². The molecule has 0 aromatic heterocycles. The molecule has 7 heteroatoms. The lowest BCUT2D eigenvalue weighted by molar-refractivity contribution is -0.128. The molecule has 0 radical (unpaired) electrons. The number of nitrogens with zero attached hydrogens (tertiary/aromatic N) is 1. The molecule has 2 aromatic carbocycles. The average molecular weight is 449 g/mol. The third-order valence-electron chi connectivity index (χ3n) is 3.97. The number of benzene rings is 2. The smallest absolute Gasteiger partial charge is 0.242 e. The van der Waals surface area contributed by atoms with Gasteiger partial charge in [0, 0.05) is 23.1 Å². The van der Waals surface area contributed by atoms with E-state index in [1.807, 2.05) is 54.6 Å². The van der Waals surface area contributed by atoms with E-state index in [4.69, 9.17) is 12.2 Å². The fraction of sp³-hybridized carbons (Fsp3) is 0.211. The molecule has 1 aliphatic rings. The van der Waals surface area contributed by atoms with Gasteiger partial charge in [-0.1, -0.05) is 70.2 Å². The van der Waals surface area contributed by atoms with Gasteiger partial charge in [-0.25, -0.2) is 0 Å². The molecule has 1 aliphatic heterocycles. The minimum atomic E-state index is -0.450. The van der Waals surface area contributed by atoms with Crippen LogP contribution in [0.25, 0.3) is 0 Å². The molecule has 0 saturated carbocycles. The highest BCUT2D eigenvalue weighted by atomic mass is 79.9. The molecule has 0 aliphatic carbocycles. The van der Waals surface area contributed by atoms with Gasteiger partial charge in [-0.05, 0) is 36.2 Å². The highest BCUT2D eigenvalue weighted by Crippen LogP contribution is 2.30. The number of thiocarbonyl (C=S) groups is 1. The van der Waals surface area contributed by atoms with Gasteiger partial charge in [-0.15, -0.1) is 0 Å². The number of rotatable bonds is 6. The number of carbonyl (C=O) groups is 2. The number of hydrogen-bond acceptors (Lipinski definition) is 4. The standard InChI is InChI=1S/C19H17BrN2O2S2/c20-14-6-8-15(9-7-14)21-17(23)12-16-18(24)22(19(25)26-16)11-10-13-4-2-1-3-5-13/h1-9,16H,10-12H2,(H,21,23). The lowest BCUT2D eigenvalue weighted by Crippen LogP contribution is -2.34. The molecule has 0 bridgehead atoms. The molecule has 134 valence electrons. The second-order valence-electron chi connectivity index (χ2n) is 5.86. The third-order valence-corrected chi connectivity index (χ3v) is 6.08. The quantitative estimate of drug-likeness (QED) is 0.670. The van der Waals surface area contributed by atoms with E-state index in [-0.39, 0.29) is 18.2 Å². The maximum atomic E-state index is 12.6. The zero-order valence-electron chi connectivity index (χ0n) is 13.9. The largest absolute Gasteiger partial charge is 0.326 e. The van der Waals surface area contributed by atoms with Gasteiger partial charge in [0.1, 0.15) is 4.32 Å². The van der Waals surface area contributed by atoms with Gasteiger partial charge < -0.3 is 5.32 Å². The van der Waals surface area contributed by atoms with E-state index in [0.29, 0.717) is 16.6 Å².